The van der Waals surface area contributed by atoms with Crippen molar-refractivity contribution >= 4 is 17.1 Å². The molecule has 2 amide bonds. The van der Waals surface area contributed by atoms with Crippen LogP contribution in [-0.2, 0) is 6.54 Å². The highest BCUT2D eigenvalue weighted by Crippen LogP contribution is 2.12. The van der Waals surface area contributed by atoms with Crippen LogP contribution in [0, 0.1) is 6.92 Å². The maximum atomic E-state index is 12.1. The number of fused-ring (bicyclic) bond motifs is 1. The van der Waals surface area contributed by atoms with Crippen LogP contribution in [-0.4, -0.2) is 47.2 Å². The first-order valence-corrected chi connectivity index (χ1v) is 9.22. The summed E-state index contributed by atoms with van der Waals surface area (Å²) in [6, 6.07) is 15.9. The molecule has 142 valence electrons. The predicted molar refractivity (Wildman–Crippen MR) is 107 cm³/mol. The maximum Gasteiger partial charge on any atom is 0.317 e. The zero-order chi connectivity index (χ0) is 19.1. The summed E-state index contributed by atoms with van der Waals surface area (Å²) in [5.74, 6) is 0.821. The second kappa shape index (κ2) is 9.07. The normalized spacial score (nSPS) is 10.7. The monoisotopic (exact) mass is 366 g/mol. The van der Waals surface area contributed by atoms with E-state index in [1.165, 1.54) is 5.56 Å². The molecular weight excluding hydrogens is 340 g/mol. The van der Waals surface area contributed by atoms with Gasteiger partial charge in [0.15, 0.2) is 0 Å². The van der Waals surface area contributed by atoms with Crippen molar-refractivity contribution in [2.24, 2.45) is 0 Å². The van der Waals surface area contributed by atoms with Crippen LogP contribution in [0.4, 0.5) is 4.79 Å². The van der Waals surface area contributed by atoms with Crippen LogP contribution in [0.1, 0.15) is 12.0 Å². The van der Waals surface area contributed by atoms with E-state index in [1.807, 2.05) is 55.7 Å². The molecule has 0 radical (unpaired) electrons. The molecule has 1 aromatic heterocycles. The number of carbonyl (C=O) groups excluding carboxylic acids is 1. The van der Waals surface area contributed by atoms with Gasteiger partial charge in [0, 0.05) is 20.1 Å². The van der Waals surface area contributed by atoms with Crippen molar-refractivity contribution in [3.05, 3.63) is 60.4 Å². The summed E-state index contributed by atoms with van der Waals surface area (Å²) < 4.78 is 7.78. The summed E-state index contributed by atoms with van der Waals surface area (Å²) in [5, 5.41) is 2.95. The lowest BCUT2D eigenvalue weighted by molar-refractivity contribution is 0.195. The summed E-state index contributed by atoms with van der Waals surface area (Å²) in [4.78, 5) is 18.2. The van der Waals surface area contributed by atoms with Gasteiger partial charge in [-0.15, -0.1) is 0 Å². The molecule has 6 heteroatoms. The summed E-state index contributed by atoms with van der Waals surface area (Å²) in [5.41, 5.74) is 3.31. The topological polar surface area (TPSA) is 59.4 Å². The van der Waals surface area contributed by atoms with E-state index in [9.17, 15) is 4.79 Å². The highest BCUT2D eigenvalue weighted by Gasteiger charge is 2.08. The van der Waals surface area contributed by atoms with E-state index in [2.05, 4.69) is 20.9 Å². The molecule has 0 saturated heterocycles. The Balaban J connectivity index is 1.34. The number of nitrogens with zero attached hydrogens (tertiary/aromatic N) is 3. The zero-order valence-corrected chi connectivity index (χ0v) is 15.9. The Morgan fingerprint density at radius 1 is 1.19 bits per heavy atom. The van der Waals surface area contributed by atoms with Crippen molar-refractivity contribution in [1.82, 2.24) is 19.8 Å². The fourth-order valence-electron chi connectivity index (χ4n) is 2.80. The number of ether oxygens (including phenoxy) is 1. The SMILES string of the molecule is Cc1ccc(OCCN(C)C(=O)NCCCn2cnc3ccccc32)cc1. The Morgan fingerprint density at radius 3 is 2.78 bits per heavy atom. The number of amides is 2. The van der Waals surface area contributed by atoms with Crippen LogP contribution in [0.2, 0.25) is 0 Å². The van der Waals surface area contributed by atoms with E-state index in [-0.39, 0.29) is 6.03 Å². The van der Waals surface area contributed by atoms with Gasteiger partial charge in [-0.1, -0.05) is 29.8 Å². The molecule has 0 atom stereocenters. The molecule has 1 N–H and O–H groups in total. The van der Waals surface area contributed by atoms with E-state index in [1.54, 1.807) is 11.9 Å². The number of hydrogen-bond acceptors (Lipinski definition) is 3. The van der Waals surface area contributed by atoms with Crippen LogP contribution in [0.25, 0.3) is 11.0 Å². The number of hydrogen-bond donors (Lipinski definition) is 1. The van der Waals surface area contributed by atoms with Gasteiger partial charge in [-0.3, -0.25) is 0 Å². The average molecular weight is 366 g/mol. The molecule has 0 aliphatic heterocycles. The lowest BCUT2D eigenvalue weighted by Gasteiger charge is -2.18. The molecule has 27 heavy (non-hydrogen) atoms. The van der Waals surface area contributed by atoms with Crippen molar-refractivity contribution in [2.45, 2.75) is 19.9 Å². The fourth-order valence-corrected chi connectivity index (χ4v) is 2.80. The first-order chi connectivity index (χ1) is 13.1. The van der Waals surface area contributed by atoms with Crippen molar-refractivity contribution in [1.29, 1.82) is 0 Å². The molecule has 0 aliphatic carbocycles. The average Bonchev–Trinajstić information content (AvgIpc) is 3.09. The van der Waals surface area contributed by atoms with Gasteiger partial charge in [0.05, 0.1) is 23.9 Å². The molecule has 0 aliphatic rings. The van der Waals surface area contributed by atoms with Crippen molar-refractivity contribution < 1.29 is 9.53 Å². The third-order valence-corrected chi connectivity index (χ3v) is 4.44. The molecular formula is C21H26N4O2. The zero-order valence-electron chi connectivity index (χ0n) is 15.9. The Hall–Kier alpha value is -3.02. The van der Waals surface area contributed by atoms with Crippen LogP contribution >= 0.6 is 0 Å². The quantitative estimate of drug-likeness (QED) is 0.621. The molecule has 0 bridgehead atoms. The summed E-state index contributed by atoms with van der Waals surface area (Å²) in [7, 11) is 1.78. The number of benzene rings is 2. The van der Waals surface area contributed by atoms with E-state index >= 15 is 0 Å². The number of para-hydroxylation sites is 2. The number of aromatic nitrogens is 2. The molecule has 0 unspecified atom stereocenters. The minimum Gasteiger partial charge on any atom is -0.492 e. The second-order valence-corrected chi connectivity index (χ2v) is 6.60. The number of carbonyl (C=O) groups is 1. The van der Waals surface area contributed by atoms with Crippen LogP contribution in [0.5, 0.6) is 5.75 Å². The van der Waals surface area contributed by atoms with Crippen molar-refractivity contribution in [2.75, 3.05) is 26.7 Å². The highest BCUT2D eigenvalue weighted by molar-refractivity contribution is 5.75. The number of likely N-dealkylation sites (N-methyl/N-ethyl adjacent to an activating group) is 1. The predicted octanol–water partition coefficient (Wildman–Crippen LogP) is 3.46. The van der Waals surface area contributed by atoms with Gasteiger partial charge in [-0.25, -0.2) is 9.78 Å². The number of nitrogens with one attached hydrogen (secondary N) is 1. The van der Waals surface area contributed by atoms with E-state index in [0.717, 1.165) is 29.7 Å². The molecule has 0 spiro atoms. The summed E-state index contributed by atoms with van der Waals surface area (Å²) in [6.45, 7) is 4.48. The number of imidazole rings is 1. The minimum absolute atomic E-state index is 0.0852. The second-order valence-electron chi connectivity index (χ2n) is 6.60. The lowest BCUT2D eigenvalue weighted by atomic mass is 10.2. The van der Waals surface area contributed by atoms with Gasteiger partial charge in [-0.05, 0) is 37.6 Å². The van der Waals surface area contributed by atoms with E-state index in [4.69, 9.17) is 4.74 Å². The van der Waals surface area contributed by atoms with Crippen LogP contribution in [0.15, 0.2) is 54.9 Å². The third kappa shape index (κ3) is 5.23. The Labute approximate surface area is 159 Å². The summed E-state index contributed by atoms with van der Waals surface area (Å²) in [6.07, 6.45) is 2.70. The first-order valence-electron chi connectivity index (χ1n) is 9.22. The lowest BCUT2D eigenvalue weighted by Crippen LogP contribution is -2.39. The van der Waals surface area contributed by atoms with Gasteiger partial charge in [0.25, 0.3) is 0 Å². The molecule has 2 aromatic carbocycles. The van der Waals surface area contributed by atoms with Gasteiger partial charge in [0.2, 0.25) is 0 Å². The standard InChI is InChI=1S/C21H26N4O2/c1-17-8-10-18(11-9-17)27-15-14-24(2)21(26)22-12-5-13-25-16-23-19-6-3-4-7-20(19)25/h3-4,6-11,16H,5,12-15H2,1-2H3,(H,22,26). The third-order valence-electron chi connectivity index (χ3n) is 4.44. The maximum absolute atomic E-state index is 12.1. The van der Waals surface area contributed by atoms with Crippen LogP contribution < -0.4 is 10.1 Å². The molecule has 3 aromatic rings. The van der Waals surface area contributed by atoms with E-state index in [0.29, 0.717) is 19.7 Å². The molecule has 0 saturated carbocycles. The minimum atomic E-state index is -0.0852. The Kier molecular flexibility index (Phi) is 6.30. The Bertz CT molecular complexity index is 873. The fraction of sp³-hybridized carbons (Fsp3) is 0.333. The molecule has 1 heterocycles. The summed E-state index contributed by atoms with van der Waals surface area (Å²) >= 11 is 0. The van der Waals surface area contributed by atoms with Gasteiger partial charge in [0.1, 0.15) is 12.4 Å². The van der Waals surface area contributed by atoms with Crippen LogP contribution in [0.3, 0.4) is 0 Å². The molecule has 3 rings (SSSR count). The number of aryl methyl sites for hydroxylation is 2. The molecule has 6 nitrogen and oxygen atoms in total. The van der Waals surface area contributed by atoms with Gasteiger partial charge < -0.3 is 19.5 Å². The van der Waals surface area contributed by atoms with E-state index < -0.39 is 0 Å². The van der Waals surface area contributed by atoms with Crippen molar-refractivity contribution in [3.8, 4) is 5.75 Å². The highest BCUT2D eigenvalue weighted by atomic mass is 16.5. The largest absolute Gasteiger partial charge is 0.492 e. The van der Waals surface area contributed by atoms with Gasteiger partial charge >= 0.3 is 6.03 Å². The smallest absolute Gasteiger partial charge is 0.317 e. The molecule has 0 fully saturated rings. The van der Waals surface area contributed by atoms with Crippen molar-refractivity contribution in [3.63, 3.8) is 0 Å². The first kappa shape index (κ1) is 18.8. The van der Waals surface area contributed by atoms with Gasteiger partial charge in [-0.2, -0.15) is 0 Å². The Morgan fingerprint density at radius 2 is 1.96 bits per heavy atom. The number of rotatable bonds is 8. The number of urea groups is 1.